The Bertz CT molecular complexity index is 1470. The van der Waals surface area contributed by atoms with Gasteiger partial charge in [0.25, 0.3) is 11.5 Å². The molecule has 0 aliphatic carbocycles. The monoisotopic (exact) mass is 484 g/mol. The molecule has 180 valence electrons. The number of nitrogens with one attached hydrogen (secondary N) is 1. The largest absolute Gasteiger partial charge is 0.337 e. The molecule has 1 saturated heterocycles. The third-order valence-electron chi connectivity index (χ3n) is 6.38. The van der Waals surface area contributed by atoms with Gasteiger partial charge in [0.1, 0.15) is 11.4 Å². The number of fused-ring (bicyclic) bond motifs is 1. The van der Waals surface area contributed by atoms with Gasteiger partial charge in [-0.3, -0.25) is 9.59 Å². The lowest BCUT2D eigenvalue weighted by Crippen LogP contribution is -2.49. The molecule has 4 aromatic rings. The number of amides is 1. The molecule has 35 heavy (non-hydrogen) atoms. The number of hydrogen-bond donors (Lipinski definition) is 1. The molecule has 0 bridgehead atoms. The number of H-pyrrole nitrogens is 1. The Labute approximate surface area is 196 Å². The molecular weight excluding hydrogens is 464 g/mol. The number of likely N-dealkylation sites (tertiary alicyclic amines) is 1. The number of piperidine rings is 1. The Morgan fingerprint density at radius 2 is 1.77 bits per heavy atom. The lowest BCUT2D eigenvalue weighted by molar-refractivity contribution is -0.142. The lowest BCUT2D eigenvalue weighted by Gasteiger charge is -2.38. The Hall–Kier alpha value is -3.95. The molecule has 1 unspecified atom stereocenters. The van der Waals surface area contributed by atoms with Gasteiger partial charge in [0.15, 0.2) is 11.6 Å². The number of carbonyl (C=O) groups is 1. The van der Waals surface area contributed by atoms with Gasteiger partial charge in [0, 0.05) is 25.2 Å². The molecule has 2 aromatic heterocycles. The zero-order valence-electron chi connectivity index (χ0n) is 18.6. The molecular formula is C25H20F4N4O2. The summed E-state index contributed by atoms with van der Waals surface area (Å²) in [6.45, 7) is 0.854. The SMILES string of the molecule is CC(=O)N1CCC(c2ccc(-c3nn(-c4c(F)cccc4F)c4cc[nH]c(=O)c34)cc2)C(F)(F)C1. The molecule has 1 aliphatic rings. The van der Waals surface area contributed by atoms with E-state index in [-0.39, 0.29) is 29.6 Å². The van der Waals surface area contributed by atoms with Crippen molar-refractivity contribution in [1.82, 2.24) is 19.7 Å². The van der Waals surface area contributed by atoms with Gasteiger partial charge in [-0.2, -0.15) is 5.10 Å². The van der Waals surface area contributed by atoms with Gasteiger partial charge < -0.3 is 9.88 Å². The lowest BCUT2D eigenvalue weighted by atomic mass is 9.85. The van der Waals surface area contributed by atoms with Crippen LogP contribution in [0.2, 0.25) is 0 Å². The molecule has 0 radical (unpaired) electrons. The maximum absolute atomic E-state index is 14.8. The van der Waals surface area contributed by atoms with Crippen LogP contribution in [0.1, 0.15) is 24.8 Å². The molecule has 6 nitrogen and oxygen atoms in total. The molecule has 10 heteroatoms. The van der Waals surface area contributed by atoms with Gasteiger partial charge in [-0.05, 0) is 30.2 Å². The number of halogens is 4. The second-order valence-electron chi connectivity index (χ2n) is 8.56. The Morgan fingerprint density at radius 1 is 1.09 bits per heavy atom. The van der Waals surface area contributed by atoms with Crippen molar-refractivity contribution in [2.75, 3.05) is 13.1 Å². The van der Waals surface area contributed by atoms with Crippen LogP contribution in [-0.2, 0) is 4.79 Å². The van der Waals surface area contributed by atoms with E-state index in [0.29, 0.717) is 11.1 Å². The van der Waals surface area contributed by atoms with Crippen LogP contribution < -0.4 is 5.56 Å². The first-order chi connectivity index (χ1) is 16.7. The van der Waals surface area contributed by atoms with E-state index in [1.54, 1.807) is 12.1 Å². The van der Waals surface area contributed by atoms with Gasteiger partial charge >= 0.3 is 0 Å². The second-order valence-corrected chi connectivity index (χ2v) is 8.56. The smallest absolute Gasteiger partial charge is 0.272 e. The molecule has 1 aliphatic heterocycles. The van der Waals surface area contributed by atoms with E-state index in [4.69, 9.17) is 0 Å². The first kappa shape index (κ1) is 22.8. The minimum atomic E-state index is -3.10. The predicted octanol–water partition coefficient (Wildman–Crippen LogP) is 4.63. The summed E-state index contributed by atoms with van der Waals surface area (Å²) in [5.41, 5.74) is 0.236. The highest BCUT2D eigenvalue weighted by atomic mass is 19.3. The zero-order chi connectivity index (χ0) is 24.9. The van der Waals surface area contributed by atoms with Crippen molar-refractivity contribution in [3.63, 3.8) is 0 Å². The molecule has 3 heterocycles. The van der Waals surface area contributed by atoms with Crippen LogP contribution in [0, 0.1) is 11.6 Å². The summed E-state index contributed by atoms with van der Waals surface area (Å²) in [4.78, 5) is 27.8. The number of benzene rings is 2. The summed E-state index contributed by atoms with van der Waals surface area (Å²) < 4.78 is 59.6. The summed E-state index contributed by atoms with van der Waals surface area (Å²) in [5.74, 6) is -6.26. The van der Waals surface area contributed by atoms with Crippen LogP contribution in [0.4, 0.5) is 17.6 Å². The van der Waals surface area contributed by atoms with Crippen LogP contribution in [0.5, 0.6) is 0 Å². The number of aromatic amines is 1. The molecule has 0 spiro atoms. The minimum Gasteiger partial charge on any atom is -0.337 e. The Kier molecular flexibility index (Phi) is 5.46. The van der Waals surface area contributed by atoms with Crippen molar-refractivity contribution in [1.29, 1.82) is 0 Å². The molecule has 1 fully saturated rings. The van der Waals surface area contributed by atoms with Crippen molar-refractivity contribution >= 4 is 16.8 Å². The standard InChI is InChI=1S/C25H20F4N4O2/c1-14(34)32-12-10-17(25(28,29)13-32)15-5-7-16(8-6-15)22-21-20(9-11-30-24(21)35)33(31-22)23-18(26)3-2-4-19(23)27/h2-9,11,17H,10,12-13H2,1H3,(H,30,35). The average molecular weight is 484 g/mol. The number of alkyl halides is 2. The summed E-state index contributed by atoms with van der Waals surface area (Å²) >= 11 is 0. The highest BCUT2D eigenvalue weighted by Crippen LogP contribution is 2.41. The van der Waals surface area contributed by atoms with Crippen LogP contribution in [-0.4, -0.2) is 44.6 Å². The summed E-state index contributed by atoms with van der Waals surface area (Å²) in [5, 5.41) is 4.45. The fourth-order valence-electron chi connectivity index (χ4n) is 4.63. The van der Waals surface area contributed by atoms with E-state index in [2.05, 4.69) is 10.1 Å². The maximum Gasteiger partial charge on any atom is 0.272 e. The quantitative estimate of drug-likeness (QED) is 0.431. The van der Waals surface area contributed by atoms with Gasteiger partial charge in [-0.25, -0.2) is 22.2 Å². The van der Waals surface area contributed by atoms with E-state index in [9.17, 15) is 27.2 Å². The van der Waals surface area contributed by atoms with E-state index >= 15 is 0 Å². The molecule has 1 amide bonds. The molecule has 1 N–H and O–H groups in total. The van der Waals surface area contributed by atoms with Crippen LogP contribution in [0.15, 0.2) is 59.5 Å². The fraction of sp³-hybridized carbons (Fsp3) is 0.240. The summed E-state index contributed by atoms with van der Waals surface area (Å²) in [6, 6.07) is 11.1. The molecule has 0 saturated carbocycles. The zero-order valence-corrected chi connectivity index (χ0v) is 18.6. The predicted molar refractivity (Wildman–Crippen MR) is 122 cm³/mol. The van der Waals surface area contributed by atoms with E-state index < -0.39 is 47.2 Å². The maximum atomic E-state index is 14.8. The van der Waals surface area contributed by atoms with Crippen molar-refractivity contribution in [2.24, 2.45) is 0 Å². The van der Waals surface area contributed by atoms with Crippen molar-refractivity contribution in [3.8, 4) is 16.9 Å². The average Bonchev–Trinajstić information content (AvgIpc) is 3.19. The second kappa shape index (κ2) is 8.37. The molecule has 5 rings (SSSR count). The van der Waals surface area contributed by atoms with E-state index in [1.165, 1.54) is 37.4 Å². The molecule has 2 aromatic carbocycles. The fourth-order valence-corrected chi connectivity index (χ4v) is 4.63. The number of pyridine rings is 1. The Morgan fingerprint density at radius 3 is 2.40 bits per heavy atom. The highest BCUT2D eigenvalue weighted by molar-refractivity contribution is 5.93. The third-order valence-corrected chi connectivity index (χ3v) is 6.38. The van der Waals surface area contributed by atoms with Crippen molar-refractivity contribution < 1.29 is 22.4 Å². The normalized spacial score (nSPS) is 17.6. The number of rotatable bonds is 3. The number of para-hydroxylation sites is 1. The Balaban J connectivity index is 1.57. The van der Waals surface area contributed by atoms with E-state index in [1.807, 2.05) is 0 Å². The molecule has 1 atom stereocenters. The minimum absolute atomic E-state index is 0.107. The topological polar surface area (TPSA) is 71.0 Å². The van der Waals surface area contributed by atoms with Gasteiger partial charge in [0.2, 0.25) is 5.91 Å². The number of aromatic nitrogens is 3. The van der Waals surface area contributed by atoms with Crippen LogP contribution in [0.25, 0.3) is 27.8 Å². The van der Waals surface area contributed by atoms with Crippen molar-refractivity contribution in [2.45, 2.75) is 25.2 Å². The van der Waals surface area contributed by atoms with Crippen LogP contribution >= 0.6 is 0 Å². The highest BCUT2D eigenvalue weighted by Gasteiger charge is 2.45. The van der Waals surface area contributed by atoms with Gasteiger partial charge in [-0.1, -0.05) is 30.3 Å². The number of carbonyl (C=O) groups excluding carboxylic acids is 1. The number of hydrogen-bond acceptors (Lipinski definition) is 3. The summed E-state index contributed by atoms with van der Waals surface area (Å²) in [6.07, 6.45) is 1.46. The van der Waals surface area contributed by atoms with Gasteiger partial charge in [-0.15, -0.1) is 0 Å². The van der Waals surface area contributed by atoms with Crippen molar-refractivity contribution in [3.05, 3.63) is 82.3 Å². The first-order valence-corrected chi connectivity index (χ1v) is 11.0. The van der Waals surface area contributed by atoms with Gasteiger partial charge in [0.05, 0.1) is 23.4 Å². The third kappa shape index (κ3) is 3.88. The number of nitrogens with zero attached hydrogens (tertiary/aromatic N) is 3. The first-order valence-electron chi connectivity index (χ1n) is 11.0. The van der Waals surface area contributed by atoms with E-state index in [0.717, 1.165) is 21.7 Å². The van der Waals surface area contributed by atoms with Crippen LogP contribution in [0.3, 0.4) is 0 Å². The summed E-state index contributed by atoms with van der Waals surface area (Å²) in [7, 11) is 0.